The number of nitrogens with two attached hydrogens (primary N) is 1. The van der Waals surface area contributed by atoms with E-state index >= 15 is 0 Å². The smallest absolute Gasteiger partial charge is 0.246 e. The number of halogens is 1. The summed E-state index contributed by atoms with van der Waals surface area (Å²) in [5.74, 6) is 0.363. The van der Waals surface area contributed by atoms with E-state index in [4.69, 9.17) is 5.73 Å². The van der Waals surface area contributed by atoms with E-state index in [1.54, 1.807) is 0 Å². The van der Waals surface area contributed by atoms with E-state index < -0.39 is 5.54 Å². The first kappa shape index (κ1) is 16.4. The molecule has 0 spiro atoms. The normalized spacial score (nSPS) is 17.9. The lowest BCUT2D eigenvalue weighted by Crippen LogP contribution is -2.52. The van der Waals surface area contributed by atoms with Gasteiger partial charge in [-0.25, -0.2) is 4.98 Å². The average Bonchev–Trinajstić information content (AvgIpc) is 2.78. The minimum Gasteiger partial charge on any atom is -0.317 e. The van der Waals surface area contributed by atoms with Crippen molar-refractivity contribution in [1.82, 2.24) is 4.98 Å². The van der Waals surface area contributed by atoms with Gasteiger partial charge in [-0.3, -0.25) is 4.79 Å². The van der Waals surface area contributed by atoms with E-state index in [0.717, 1.165) is 25.7 Å². The van der Waals surface area contributed by atoms with Crippen LogP contribution in [0.5, 0.6) is 0 Å². The van der Waals surface area contributed by atoms with Crippen LogP contribution < -0.4 is 11.1 Å². The molecule has 1 amide bonds. The summed E-state index contributed by atoms with van der Waals surface area (Å²) in [4.78, 5) is 17.6. The minimum atomic E-state index is -0.693. The van der Waals surface area contributed by atoms with Gasteiger partial charge in [-0.1, -0.05) is 33.1 Å². The lowest BCUT2D eigenvalue weighted by Gasteiger charge is -2.31. The molecule has 2 rings (SSSR count). The molecule has 19 heavy (non-hydrogen) atoms. The second kappa shape index (κ2) is 6.68. The molecule has 1 saturated carbocycles. The summed E-state index contributed by atoms with van der Waals surface area (Å²) in [6.45, 7) is 4.23. The van der Waals surface area contributed by atoms with Crippen LogP contribution in [0.15, 0.2) is 6.20 Å². The molecule has 1 fully saturated rings. The maximum Gasteiger partial charge on any atom is 0.246 e. The van der Waals surface area contributed by atoms with E-state index in [0.29, 0.717) is 11.0 Å². The highest BCUT2D eigenvalue weighted by atomic mass is 35.5. The summed E-state index contributed by atoms with van der Waals surface area (Å²) in [5, 5.41) is 3.54. The van der Waals surface area contributed by atoms with Gasteiger partial charge in [0.1, 0.15) is 0 Å². The number of carbonyl (C=O) groups is 1. The molecule has 0 saturated heterocycles. The van der Waals surface area contributed by atoms with Gasteiger partial charge >= 0.3 is 0 Å². The van der Waals surface area contributed by atoms with E-state index in [1.165, 1.54) is 22.6 Å². The predicted molar refractivity (Wildman–Crippen MR) is 82.1 cm³/mol. The van der Waals surface area contributed by atoms with Crippen molar-refractivity contribution in [1.29, 1.82) is 0 Å². The van der Waals surface area contributed by atoms with Crippen LogP contribution in [-0.4, -0.2) is 16.4 Å². The number of hydrogen-bond acceptors (Lipinski definition) is 4. The number of rotatable bonds is 3. The van der Waals surface area contributed by atoms with Gasteiger partial charge in [-0.2, -0.15) is 0 Å². The lowest BCUT2D eigenvalue weighted by atomic mass is 9.82. The minimum absolute atomic E-state index is 0. The van der Waals surface area contributed by atoms with E-state index in [-0.39, 0.29) is 18.3 Å². The van der Waals surface area contributed by atoms with Crippen LogP contribution in [0.4, 0.5) is 5.13 Å². The molecule has 1 aromatic heterocycles. The number of aromatic nitrogens is 1. The van der Waals surface area contributed by atoms with E-state index in [1.807, 2.05) is 6.20 Å². The number of carbonyl (C=O) groups excluding carboxylic acids is 1. The predicted octanol–water partition coefficient (Wildman–Crippen LogP) is 3.29. The molecule has 3 N–H and O–H groups in total. The molecule has 0 aliphatic heterocycles. The fraction of sp³-hybridized carbons (Fsp3) is 0.692. The average molecular weight is 304 g/mol. The summed E-state index contributed by atoms with van der Waals surface area (Å²) in [7, 11) is 0. The summed E-state index contributed by atoms with van der Waals surface area (Å²) < 4.78 is 0. The second-order valence-electron chi connectivity index (χ2n) is 5.39. The van der Waals surface area contributed by atoms with Crippen LogP contribution in [0, 0.1) is 0 Å². The first-order valence-electron chi connectivity index (χ1n) is 6.57. The third kappa shape index (κ3) is 3.91. The van der Waals surface area contributed by atoms with Gasteiger partial charge in [0.25, 0.3) is 0 Å². The van der Waals surface area contributed by atoms with Crippen LogP contribution in [0.2, 0.25) is 0 Å². The van der Waals surface area contributed by atoms with E-state index in [2.05, 4.69) is 24.1 Å². The monoisotopic (exact) mass is 303 g/mol. The molecule has 1 aliphatic carbocycles. The summed E-state index contributed by atoms with van der Waals surface area (Å²) in [6, 6.07) is 0. The molecule has 0 bridgehead atoms. The molecule has 0 unspecified atom stereocenters. The Morgan fingerprint density at radius 2 is 2.05 bits per heavy atom. The molecule has 0 radical (unpaired) electrons. The van der Waals surface area contributed by atoms with Gasteiger partial charge in [0.2, 0.25) is 5.91 Å². The molecular formula is C13H22ClN3OS. The Morgan fingerprint density at radius 3 is 2.58 bits per heavy atom. The number of hydrogen-bond donors (Lipinski definition) is 2. The van der Waals surface area contributed by atoms with Crippen LogP contribution in [0.3, 0.4) is 0 Å². The maximum atomic E-state index is 12.2. The van der Waals surface area contributed by atoms with Crippen molar-refractivity contribution in [3.8, 4) is 0 Å². The Labute approximate surface area is 124 Å². The number of thiazole rings is 1. The summed E-state index contributed by atoms with van der Waals surface area (Å²) >= 11 is 1.53. The van der Waals surface area contributed by atoms with Crippen LogP contribution >= 0.6 is 23.7 Å². The zero-order valence-electron chi connectivity index (χ0n) is 11.4. The Bertz CT molecular complexity index is 427. The van der Waals surface area contributed by atoms with Gasteiger partial charge in [0.05, 0.1) is 5.54 Å². The zero-order chi connectivity index (χ0) is 13.2. The van der Waals surface area contributed by atoms with Gasteiger partial charge in [0.15, 0.2) is 5.13 Å². The van der Waals surface area contributed by atoms with Gasteiger partial charge in [-0.05, 0) is 18.8 Å². The number of amides is 1. The van der Waals surface area contributed by atoms with Crippen LogP contribution in [-0.2, 0) is 4.79 Å². The Balaban J connectivity index is 0.00000180. The fourth-order valence-corrected chi connectivity index (χ4v) is 3.06. The number of anilines is 1. The van der Waals surface area contributed by atoms with Gasteiger partial charge in [0, 0.05) is 11.1 Å². The van der Waals surface area contributed by atoms with Crippen molar-refractivity contribution >= 4 is 34.8 Å². The fourth-order valence-electron chi connectivity index (χ4n) is 2.24. The highest BCUT2D eigenvalue weighted by Gasteiger charge is 2.35. The second-order valence-corrected chi connectivity index (χ2v) is 6.46. The SMILES string of the molecule is CC(C)c1cnc(NC(=O)C2(N)CCCCC2)s1.Cl. The number of nitrogens with zero attached hydrogens (tertiary/aromatic N) is 1. The molecule has 108 valence electrons. The summed E-state index contributed by atoms with van der Waals surface area (Å²) in [5.41, 5.74) is 5.49. The quantitative estimate of drug-likeness (QED) is 0.900. The van der Waals surface area contributed by atoms with E-state index in [9.17, 15) is 4.79 Å². The molecule has 1 aliphatic rings. The van der Waals surface area contributed by atoms with Gasteiger partial charge < -0.3 is 11.1 Å². The Morgan fingerprint density at radius 1 is 1.42 bits per heavy atom. The van der Waals surface area contributed by atoms with Crippen LogP contribution in [0.25, 0.3) is 0 Å². The molecule has 1 aromatic rings. The van der Waals surface area contributed by atoms with Gasteiger partial charge in [-0.15, -0.1) is 23.7 Å². The standard InChI is InChI=1S/C13H21N3OS.ClH/c1-9(2)10-8-15-12(18-10)16-11(17)13(14)6-4-3-5-7-13;/h8-9H,3-7,14H2,1-2H3,(H,15,16,17);1H. The van der Waals surface area contributed by atoms with Crippen molar-refractivity contribution in [3.05, 3.63) is 11.1 Å². The molecule has 6 heteroatoms. The van der Waals surface area contributed by atoms with Crippen molar-refractivity contribution < 1.29 is 4.79 Å². The lowest BCUT2D eigenvalue weighted by molar-refractivity contribution is -0.122. The molecule has 4 nitrogen and oxygen atoms in total. The first-order valence-corrected chi connectivity index (χ1v) is 7.39. The van der Waals surface area contributed by atoms with Crippen molar-refractivity contribution in [2.24, 2.45) is 5.73 Å². The largest absolute Gasteiger partial charge is 0.317 e. The molecular weight excluding hydrogens is 282 g/mol. The third-order valence-corrected chi connectivity index (χ3v) is 4.72. The third-order valence-electron chi connectivity index (χ3n) is 3.51. The molecule has 0 atom stereocenters. The highest BCUT2D eigenvalue weighted by Crippen LogP contribution is 2.29. The van der Waals surface area contributed by atoms with Crippen molar-refractivity contribution in [3.63, 3.8) is 0 Å². The Hall–Kier alpha value is -0.650. The summed E-state index contributed by atoms with van der Waals surface area (Å²) in [6.07, 6.45) is 6.65. The zero-order valence-corrected chi connectivity index (χ0v) is 13.1. The topological polar surface area (TPSA) is 68.0 Å². The highest BCUT2D eigenvalue weighted by molar-refractivity contribution is 7.15. The number of nitrogens with one attached hydrogen (secondary N) is 1. The first-order chi connectivity index (χ1) is 8.51. The molecule has 1 heterocycles. The van der Waals surface area contributed by atoms with Crippen molar-refractivity contribution in [2.45, 2.75) is 57.4 Å². The molecule has 0 aromatic carbocycles. The van der Waals surface area contributed by atoms with Crippen molar-refractivity contribution in [2.75, 3.05) is 5.32 Å². The Kier molecular flexibility index (Phi) is 5.77. The maximum absolute atomic E-state index is 12.2. The van der Waals surface area contributed by atoms with Crippen LogP contribution in [0.1, 0.15) is 56.7 Å².